The highest BCUT2D eigenvalue weighted by Crippen LogP contribution is 2.33. The fraction of sp³-hybridized carbons (Fsp3) is 0.214. The minimum absolute atomic E-state index is 0.318. The summed E-state index contributed by atoms with van der Waals surface area (Å²) >= 11 is 0. The summed E-state index contributed by atoms with van der Waals surface area (Å²) in [5.74, 6) is 1.11. The number of hydrogen-bond acceptors (Lipinski definition) is 5. The van der Waals surface area contributed by atoms with Gasteiger partial charge in [0.05, 0.1) is 7.11 Å². The average Bonchev–Trinajstić information content (AvgIpc) is 3.09. The third-order valence-electron chi connectivity index (χ3n) is 3.63. The largest absolute Gasteiger partial charge is 0.497 e. The molecule has 0 saturated carbocycles. The molecule has 0 amide bonds. The number of benzene rings is 2. The van der Waals surface area contributed by atoms with Gasteiger partial charge in [-0.05, 0) is 40.9 Å². The summed E-state index contributed by atoms with van der Waals surface area (Å²) in [5, 5.41) is 19.8. The van der Waals surface area contributed by atoms with Crippen molar-refractivity contribution >= 4 is 10.8 Å². The van der Waals surface area contributed by atoms with Crippen LogP contribution in [0.4, 0.5) is 0 Å². The molecule has 0 aliphatic heterocycles. The Kier molecular flexibility index (Phi) is 3.36. The summed E-state index contributed by atoms with van der Waals surface area (Å²) < 4.78 is 5.22. The van der Waals surface area contributed by atoms with Gasteiger partial charge in [-0.15, -0.1) is 10.2 Å². The lowest BCUT2D eigenvalue weighted by Crippen LogP contribution is -2.22. The molecule has 1 heterocycles. The first-order chi connectivity index (χ1) is 10.7. The second-order valence-corrected chi connectivity index (χ2v) is 4.92. The Morgan fingerprint density at radius 2 is 2.00 bits per heavy atom. The summed E-state index contributed by atoms with van der Waals surface area (Å²) in [6, 6.07) is 11.5. The van der Waals surface area contributed by atoms with Crippen molar-refractivity contribution in [3.63, 3.8) is 0 Å². The van der Waals surface area contributed by atoms with Crippen LogP contribution in [0, 0.1) is 0 Å². The van der Waals surface area contributed by atoms with Gasteiger partial charge < -0.3 is 4.74 Å². The molecule has 0 fully saturated rings. The van der Waals surface area contributed by atoms with E-state index in [-0.39, 0.29) is 0 Å². The van der Waals surface area contributed by atoms with Crippen molar-refractivity contribution in [2.24, 2.45) is 5.11 Å². The van der Waals surface area contributed by atoms with Crippen molar-refractivity contribution in [1.82, 2.24) is 20.6 Å². The van der Waals surface area contributed by atoms with Crippen molar-refractivity contribution < 1.29 is 4.74 Å². The molecule has 1 aromatic heterocycles. The van der Waals surface area contributed by atoms with Crippen LogP contribution in [0.3, 0.4) is 0 Å². The van der Waals surface area contributed by atoms with Gasteiger partial charge in [-0.3, -0.25) is 0 Å². The summed E-state index contributed by atoms with van der Waals surface area (Å²) in [6.07, 6.45) is 0. The van der Waals surface area contributed by atoms with Gasteiger partial charge in [0.25, 0.3) is 0 Å². The number of ether oxygens (including phenoxy) is 1. The quantitative estimate of drug-likeness (QED) is 0.453. The van der Waals surface area contributed by atoms with Crippen LogP contribution in [0.1, 0.15) is 18.3 Å². The number of nitrogens with one attached hydrogen (secondary N) is 1. The summed E-state index contributed by atoms with van der Waals surface area (Å²) in [6.45, 7) is 1.75. The van der Waals surface area contributed by atoms with Crippen LogP contribution >= 0.6 is 0 Å². The summed E-state index contributed by atoms with van der Waals surface area (Å²) in [4.78, 5) is 2.93. The first-order valence-corrected chi connectivity index (χ1v) is 6.56. The highest BCUT2D eigenvalue weighted by atomic mass is 16.5. The van der Waals surface area contributed by atoms with Crippen molar-refractivity contribution in [2.75, 3.05) is 7.11 Å². The number of tetrazole rings is 1. The van der Waals surface area contributed by atoms with E-state index in [1.54, 1.807) is 14.0 Å². The molecule has 110 valence electrons. The van der Waals surface area contributed by atoms with Gasteiger partial charge in [-0.25, -0.2) is 0 Å². The van der Waals surface area contributed by atoms with E-state index >= 15 is 0 Å². The Morgan fingerprint density at radius 1 is 1.23 bits per heavy atom. The number of aromatic nitrogens is 4. The summed E-state index contributed by atoms with van der Waals surface area (Å²) in [7, 11) is 1.63. The number of hydrogen-bond donors (Lipinski definition) is 1. The molecule has 0 aliphatic carbocycles. The zero-order valence-electron chi connectivity index (χ0n) is 12.1. The topological polar surface area (TPSA) is 112 Å². The molecule has 1 unspecified atom stereocenters. The lowest BCUT2D eigenvalue weighted by molar-refractivity contribution is 0.415. The number of H-pyrrole nitrogens is 1. The van der Waals surface area contributed by atoms with Gasteiger partial charge >= 0.3 is 0 Å². The van der Waals surface area contributed by atoms with Gasteiger partial charge in [-0.1, -0.05) is 34.6 Å². The number of fused-ring (bicyclic) bond motifs is 1. The van der Waals surface area contributed by atoms with Crippen molar-refractivity contribution in [3.8, 4) is 5.75 Å². The van der Waals surface area contributed by atoms with E-state index in [0.717, 1.165) is 22.1 Å². The van der Waals surface area contributed by atoms with Crippen LogP contribution in [0.15, 0.2) is 41.5 Å². The Bertz CT molecular complexity index is 855. The third kappa shape index (κ3) is 2.21. The van der Waals surface area contributed by atoms with Crippen LogP contribution in [0.2, 0.25) is 0 Å². The monoisotopic (exact) mass is 295 g/mol. The normalized spacial score (nSPS) is 13.4. The highest BCUT2D eigenvalue weighted by Gasteiger charge is 2.32. The number of azide groups is 1. The van der Waals surface area contributed by atoms with E-state index in [0.29, 0.717) is 5.82 Å². The molecule has 1 atom stereocenters. The molecule has 0 spiro atoms. The highest BCUT2D eigenvalue weighted by molar-refractivity contribution is 5.84. The van der Waals surface area contributed by atoms with Gasteiger partial charge in [-0.2, -0.15) is 5.21 Å². The van der Waals surface area contributed by atoms with Crippen LogP contribution in [-0.4, -0.2) is 27.7 Å². The lowest BCUT2D eigenvalue weighted by atomic mass is 9.90. The number of aromatic amines is 1. The lowest BCUT2D eigenvalue weighted by Gasteiger charge is -2.20. The minimum atomic E-state index is -1.03. The van der Waals surface area contributed by atoms with E-state index < -0.39 is 5.54 Å². The Balaban J connectivity index is 2.17. The molecule has 0 aliphatic rings. The maximum absolute atomic E-state index is 8.90. The molecular weight excluding hydrogens is 282 g/mol. The molecule has 8 nitrogen and oxygen atoms in total. The number of nitrogens with zero attached hydrogens (tertiary/aromatic N) is 6. The average molecular weight is 295 g/mol. The molecule has 3 rings (SSSR count). The predicted octanol–water partition coefficient (Wildman–Crippen LogP) is 2.94. The number of methoxy groups -OCH3 is 1. The minimum Gasteiger partial charge on any atom is -0.497 e. The fourth-order valence-electron chi connectivity index (χ4n) is 2.34. The molecule has 0 bridgehead atoms. The molecule has 0 radical (unpaired) electrons. The van der Waals surface area contributed by atoms with Gasteiger partial charge in [0.1, 0.15) is 11.3 Å². The van der Waals surface area contributed by atoms with E-state index in [2.05, 4.69) is 30.7 Å². The van der Waals surface area contributed by atoms with Crippen LogP contribution in [0.5, 0.6) is 5.75 Å². The zero-order chi connectivity index (χ0) is 15.6. The van der Waals surface area contributed by atoms with E-state index in [4.69, 9.17) is 10.3 Å². The second kappa shape index (κ2) is 5.34. The van der Waals surface area contributed by atoms with Gasteiger partial charge in [0, 0.05) is 4.91 Å². The summed E-state index contributed by atoms with van der Waals surface area (Å²) in [5.41, 5.74) is 8.65. The molecular formula is C14H13N7O. The predicted molar refractivity (Wildman–Crippen MR) is 80.3 cm³/mol. The Labute approximate surface area is 125 Å². The fourth-order valence-corrected chi connectivity index (χ4v) is 2.34. The molecule has 1 N–H and O–H groups in total. The molecule has 8 heteroatoms. The van der Waals surface area contributed by atoms with Gasteiger partial charge in [0.15, 0.2) is 5.82 Å². The standard InChI is InChI=1S/C14H13N7O/c1-14(18-19-15,13-16-20-21-17-13)11-5-3-10-8-12(22-2)6-4-9(10)7-11/h3-8H,1-2H3,(H,16,17,20,21). The SMILES string of the molecule is COc1ccc2cc(C(C)(N=[N+]=[N-])c3nn[nH]n3)ccc2c1. The van der Waals surface area contributed by atoms with Crippen molar-refractivity contribution in [2.45, 2.75) is 12.5 Å². The van der Waals surface area contributed by atoms with Crippen molar-refractivity contribution in [1.29, 1.82) is 0 Å². The third-order valence-corrected chi connectivity index (χ3v) is 3.63. The molecule has 0 saturated heterocycles. The first kappa shape index (κ1) is 13.8. The van der Waals surface area contributed by atoms with E-state index in [1.165, 1.54) is 0 Å². The van der Waals surface area contributed by atoms with Crippen LogP contribution in [0.25, 0.3) is 21.2 Å². The molecule has 22 heavy (non-hydrogen) atoms. The van der Waals surface area contributed by atoms with Crippen LogP contribution in [-0.2, 0) is 5.54 Å². The molecule has 3 aromatic rings. The second-order valence-electron chi connectivity index (χ2n) is 4.92. The first-order valence-electron chi connectivity index (χ1n) is 6.56. The van der Waals surface area contributed by atoms with E-state index in [9.17, 15) is 0 Å². The Morgan fingerprint density at radius 3 is 2.68 bits per heavy atom. The van der Waals surface area contributed by atoms with E-state index in [1.807, 2.05) is 36.4 Å². The van der Waals surface area contributed by atoms with Crippen LogP contribution < -0.4 is 4.74 Å². The zero-order valence-corrected chi connectivity index (χ0v) is 12.1. The number of rotatable bonds is 4. The van der Waals surface area contributed by atoms with Gasteiger partial charge in [0.2, 0.25) is 0 Å². The van der Waals surface area contributed by atoms with Crippen molar-refractivity contribution in [3.05, 3.63) is 58.2 Å². The molecule has 2 aromatic carbocycles. The Hall–Kier alpha value is -3.12. The smallest absolute Gasteiger partial charge is 0.190 e. The maximum atomic E-state index is 8.90. The maximum Gasteiger partial charge on any atom is 0.190 e.